The summed E-state index contributed by atoms with van der Waals surface area (Å²) < 4.78 is 0. The Labute approximate surface area is 93.8 Å². The van der Waals surface area contributed by atoms with Crippen LogP contribution in [0.15, 0.2) is 48.5 Å². The molecule has 1 radical (unpaired) electrons. The second kappa shape index (κ2) is 4.94. The smallest absolute Gasteiger partial charge is 0.0590 e. The first-order valence-corrected chi connectivity index (χ1v) is 7.06. The number of hydrogen-bond acceptors (Lipinski definition) is 0. The SMILES string of the molecule is Cc1ccc(C[SiH2]c2cc[c]cc2)cc1. The van der Waals surface area contributed by atoms with Gasteiger partial charge < -0.3 is 0 Å². The van der Waals surface area contributed by atoms with E-state index in [1.165, 1.54) is 22.4 Å². The van der Waals surface area contributed by atoms with Gasteiger partial charge in [-0.25, -0.2) is 0 Å². The monoisotopic (exact) mass is 211 g/mol. The maximum Gasteiger partial charge on any atom is 0.0590 e. The molecule has 0 saturated carbocycles. The van der Waals surface area contributed by atoms with E-state index in [4.69, 9.17) is 0 Å². The first-order chi connectivity index (χ1) is 7.34. The molecule has 0 fully saturated rings. The molecule has 0 unspecified atom stereocenters. The molecule has 0 N–H and O–H groups in total. The van der Waals surface area contributed by atoms with E-state index in [2.05, 4.69) is 49.4 Å². The summed E-state index contributed by atoms with van der Waals surface area (Å²) in [5.41, 5.74) is 2.81. The van der Waals surface area contributed by atoms with E-state index in [0.29, 0.717) is 0 Å². The first-order valence-electron chi connectivity index (χ1n) is 5.35. The molecule has 0 bridgehead atoms. The molecule has 1 heteroatoms. The van der Waals surface area contributed by atoms with Crippen molar-refractivity contribution in [1.82, 2.24) is 0 Å². The highest BCUT2D eigenvalue weighted by atomic mass is 28.2. The van der Waals surface area contributed by atoms with Crippen LogP contribution in [-0.4, -0.2) is 9.52 Å². The lowest BCUT2D eigenvalue weighted by atomic mass is 10.2. The van der Waals surface area contributed by atoms with Crippen LogP contribution in [0.25, 0.3) is 0 Å². The lowest BCUT2D eigenvalue weighted by Gasteiger charge is -2.01. The molecule has 0 atom stereocenters. The molecule has 0 nitrogen and oxygen atoms in total. The molecule has 0 aliphatic carbocycles. The topological polar surface area (TPSA) is 0 Å². The van der Waals surface area contributed by atoms with Crippen molar-refractivity contribution in [2.75, 3.05) is 0 Å². The summed E-state index contributed by atoms with van der Waals surface area (Å²) in [5, 5.41) is 1.52. The highest BCUT2D eigenvalue weighted by molar-refractivity contribution is 6.52. The zero-order valence-corrected chi connectivity index (χ0v) is 10.4. The normalized spacial score (nSPS) is 11.0. The van der Waals surface area contributed by atoms with E-state index in [1.54, 1.807) is 0 Å². The zero-order valence-electron chi connectivity index (χ0n) is 9.03. The minimum atomic E-state index is -0.142. The first kappa shape index (κ1) is 10.2. The summed E-state index contributed by atoms with van der Waals surface area (Å²) in [6, 6.07) is 21.6. The average Bonchev–Trinajstić information content (AvgIpc) is 2.30. The van der Waals surface area contributed by atoms with Crippen LogP contribution in [0.5, 0.6) is 0 Å². The molecular formula is C14H15Si. The van der Waals surface area contributed by atoms with E-state index in [1.807, 2.05) is 12.1 Å². The van der Waals surface area contributed by atoms with Crippen molar-refractivity contribution in [3.8, 4) is 0 Å². The van der Waals surface area contributed by atoms with Crippen LogP contribution in [0, 0.1) is 13.0 Å². The minimum absolute atomic E-state index is 0.142. The summed E-state index contributed by atoms with van der Waals surface area (Å²) in [4.78, 5) is 0. The van der Waals surface area contributed by atoms with Crippen LogP contribution in [0.4, 0.5) is 0 Å². The van der Waals surface area contributed by atoms with Gasteiger partial charge in [-0.2, -0.15) is 0 Å². The van der Waals surface area contributed by atoms with Crippen LogP contribution in [0.2, 0.25) is 0 Å². The number of hydrogen-bond donors (Lipinski definition) is 0. The van der Waals surface area contributed by atoms with Gasteiger partial charge in [0.05, 0.1) is 9.52 Å². The Hall–Kier alpha value is -1.34. The van der Waals surface area contributed by atoms with Crippen molar-refractivity contribution in [3.05, 3.63) is 65.7 Å². The van der Waals surface area contributed by atoms with Crippen LogP contribution in [0.3, 0.4) is 0 Å². The summed E-state index contributed by atoms with van der Waals surface area (Å²) in [6.45, 7) is 2.13. The quantitative estimate of drug-likeness (QED) is 0.679. The number of rotatable bonds is 3. The summed E-state index contributed by atoms with van der Waals surface area (Å²) in [7, 11) is -0.142. The Morgan fingerprint density at radius 1 is 1.00 bits per heavy atom. The molecule has 2 aromatic rings. The van der Waals surface area contributed by atoms with Crippen LogP contribution in [0.1, 0.15) is 11.1 Å². The van der Waals surface area contributed by atoms with Crippen molar-refractivity contribution in [2.45, 2.75) is 13.0 Å². The molecule has 0 aromatic heterocycles. The minimum Gasteiger partial charge on any atom is -0.0666 e. The highest BCUT2D eigenvalue weighted by Crippen LogP contribution is 2.02. The number of aryl methyl sites for hydroxylation is 1. The molecule has 0 saturated heterocycles. The van der Waals surface area contributed by atoms with Crippen molar-refractivity contribution < 1.29 is 0 Å². The van der Waals surface area contributed by atoms with Gasteiger partial charge in [0.15, 0.2) is 0 Å². The second-order valence-electron chi connectivity index (χ2n) is 3.89. The fraction of sp³-hybridized carbons (Fsp3) is 0.143. The Balaban J connectivity index is 1.96. The molecule has 75 valence electrons. The molecular weight excluding hydrogens is 196 g/mol. The van der Waals surface area contributed by atoms with E-state index < -0.39 is 0 Å². The maximum atomic E-state index is 3.06. The van der Waals surface area contributed by atoms with E-state index in [-0.39, 0.29) is 9.52 Å². The predicted octanol–water partition coefficient (Wildman–Crippen LogP) is 1.79. The van der Waals surface area contributed by atoms with Gasteiger partial charge in [0, 0.05) is 0 Å². The van der Waals surface area contributed by atoms with Gasteiger partial charge in [0.25, 0.3) is 0 Å². The van der Waals surface area contributed by atoms with Gasteiger partial charge in [-0.15, -0.1) is 0 Å². The zero-order chi connectivity index (χ0) is 10.5. The molecule has 2 aromatic carbocycles. The van der Waals surface area contributed by atoms with Gasteiger partial charge >= 0.3 is 0 Å². The van der Waals surface area contributed by atoms with Gasteiger partial charge in [0.1, 0.15) is 0 Å². The molecule has 15 heavy (non-hydrogen) atoms. The number of benzene rings is 2. The Bertz CT molecular complexity index is 403. The average molecular weight is 211 g/mol. The van der Waals surface area contributed by atoms with Gasteiger partial charge in [-0.3, -0.25) is 0 Å². The van der Waals surface area contributed by atoms with Gasteiger partial charge in [-0.05, 0) is 19.0 Å². The standard InChI is InChI=1S/C14H15Si/c1-12-7-9-13(10-8-12)11-15-14-5-3-2-4-6-14/h3-10H,11,15H2,1H3. The van der Waals surface area contributed by atoms with Crippen molar-refractivity contribution in [1.29, 1.82) is 0 Å². The Morgan fingerprint density at radius 2 is 1.67 bits per heavy atom. The Kier molecular flexibility index (Phi) is 3.35. The van der Waals surface area contributed by atoms with E-state index >= 15 is 0 Å². The van der Waals surface area contributed by atoms with Crippen LogP contribution < -0.4 is 5.19 Å². The van der Waals surface area contributed by atoms with Gasteiger partial charge in [0.2, 0.25) is 0 Å². The fourth-order valence-corrected chi connectivity index (χ4v) is 3.11. The summed E-state index contributed by atoms with van der Waals surface area (Å²) in [6.07, 6.45) is 0. The Morgan fingerprint density at radius 3 is 2.33 bits per heavy atom. The third-order valence-electron chi connectivity index (χ3n) is 2.61. The highest BCUT2D eigenvalue weighted by Gasteiger charge is 1.95. The summed E-state index contributed by atoms with van der Waals surface area (Å²) >= 11 is 0. The molecule has 0 amide bonds. The second-order valence-corrected chi connectivity index (χ2v) is 5.71. The van der Waals surface area contributed by atoms with E-state index in [9.17, 15) is 0 Å². The third-order valence-corrected chi connectivity index (χ3v) is 4.49. The van der Waals surface area contributed by atoms with Crippen LogP contribution in [-0.2, 0) is 6.04 Å². The lowest BCUT2D eigenvalue weighted by Crippen LogP contribution is -2.15. The van der Waals surface area contributed by atoms with Crippen molar-refractivity contribution in [3.63, 3.8) is 0 Å². The molecule has 0 heterocycles. The van der Waals surface area contributed by atoms with Crippen molar-refractivity contribution in [2.24, 2.45) is 0 Å². The molecule has 0 aliphatic heterocycles. The summed E-state index contributed by atoms with van der Waals surface area (Å²) in [5.74, 6) is 0. The van der Waals surface area contributed by atoms with E-state index in [0.717, 1.165) is 0 Å². The van der Waals surface area contributed by atoms with Crippen LogP contribution >= 0.6 is 0 Å². The maximum absolute atomic E-state index is 3.06. The molecule has 0 spiro atoms. The predicted molar refractivity (Wildman–Crippen MR) is 68.3 cm³/mol. The molecule has 0 aliphatic rings. The fourth-order valence-electron chi connectivity index (χ4n) is 1.63. The largest absolute Gasteiger partial charge is 0.0666 e. The third kappa shape index (κ3) is 3.06. The van der Waals surface area contributed by atoms with Gasteiger partial charge in [-0.1, -0.05) is 64.8 Å². The lowest BCUT2D eigenvalue weighted by molar-refractivity contribution is 1.35. The van der Waals surface area contributed by atoms with Crippen molar-refractivity contribution >= 4 is 14.7 Å². The molecule has 2 rings (SSSR count).